The first-order valence-corrected chi connectivity index (χ1v) is 12.1. The standard InChI is InChI=1S/C23H26N2O3S2/c1-4-6-8-16-11-12-19-20(13-16)30-23(25(19)15-21(26)28-5-2)24-22(27)17-9-7-10-18(14-17)29-3/h7,9-14H,4-6,8,15H2,1-3H3. The molecule has 0 bridgehead atoms. The molecule has 1 heterocycles. The van der Waals surface area contributed by atoms with E-state index in [1.807, 2.05) is 30.5 Å². The summed E-state index contributed by atoms with van der Waals surface area (Å²) in [4.78, 5) is 30.9. The molecule has 0 saturated carbocycles. The van der Waals surface area contributed by atoms with E-state index in [0.717, 1.165) is 34.4 Å². The number of carbonyl (C=O) groups excluding carboxylic acids is 2. The van der Waals surface area contributed by atoms with Gasteiger partial charge in [0, 0.05) is 10.5 Å². The average Bonchev–Trinajstić information content (AvgIpc) is 3.08. The van der Waals surface area contributed by atoms with E-state index in [2.05, 4.69) is 24.0 Å². The van der Waals surface area contributed by atoms with Gasteiger partial charge in [0.15, 0.2) is 4.80 Å². The SMILES string of the molecule is CCCCc1ccc2c(c1)sc(=NC(=O)c1cccc(SC)c1)n2CC(=O)OCC. The number of aryl methyl sites for hydroxylation is 1. The number of rotatable bonds is 8. The van der Waals surface area contributed by atoms with Crippen LogP contribution in [0, 0.1) is 0 Å². The van der Waals surface area contributed by atoms with Crippen molar-refractivity contribution in [3.05, 3.63) is 58.4 Å². The molecule has 0 saturated heterocycles. The lowest BCUT2D eigenvalue weighted by atomic mass is 10.1. The van der Waals surface area contributed by atoms with Gasteiger partial charge in [-0.3, -0.25) is 9.59 Å². The summed E-state index contributed by atoms with van der Waals surface area (Å²) in [5, 5.41) is 0. The summed E-state index contributed by atoms with van der Waals surface area (Å²) in [5.41, 5.74) is 2.67. The molecule has 30 heavy (non-hydrogen) atoms. The Morgan fingerprint density at radius 2 is 2.00 bits per heavy atom. The molecule has 5 nitrogen and oxygen atoms in total. The smallest absolute Gasteiger partial charge is 0.326 e. The van der Waals surface area contributed by atoms with Crippen molar-refractivity contribution in [2.24, 2.45) is 4.99 Å². The number of hydrogen-bond acceptors (Lipinski definition) is 5. The fourth-order valence-corrected chi connectivity index (χ4v) is 4.69. The van der Waals surface area contributed by atoms with Crippen LogP contribution >= 0.6 is 23.1 Å². The highest BCUT2D eigenvalue weighted by atomic mass is 32.2. The minimum absolute atomic E-state index is 0.0269. The molecule has 158 valence electrons. The summed E-state index contributed by atoms with van der Waals surface area (Å²) in [6.45, 7) is 4.29. The van der Waals surface area contributed by atoms with Gasteiger partial charge in [-0.05, 0) is 61.9 Å². The summed E-state index contributed by atoms with van der Waals surface area (Å²) < 4.78 is 7.92. The van der Waals surface area contributed by atoms with Crippen molar-refractivity contribution in [3.8, 4) is 0 Å². The summed E-state index contributed by atoms with van der Waals surface area (Å²) in [6.07, 6.45) is 5.24. The van der Waals surface area contributed by atoms with Crippen LogP contribution in [0.15, 0.2) is 52.4 Å². The molecule has 0 fully saturated rings. The molecule has 3 rings (SSSR count). The van der Waals surface area contributed by atoms with Gasteiger partial charge in [-0.15, -0.1) is 11.8 Å². The first kappa shape index (κ1) is 22.3. The summed E-state index contributed by atoms with van der Waals surface area (Å²) >= 11 is 3.00. The molecule has 0 N–H and O–H groups in total. The van der Waals surface area contributed by atoms with E-state index in [-0.39, 0.29) is 18.4 Å². The third kappa shape index (κ3) is 5.40. The number of unbranched alkanes of at least 4 members (excludes halogenated alkanes) is 1. The Bertz CT molecular complexity index is 1120. The van der Waals surface area contributed by atoms with E-state index in [1.54, 1.807) is 29.3 Å². The summed E-state index contributed by atoms with van der Waals surface area (Å²) in [7, 11) is 0. The maximum Gasteiger partial charge on any atom is 0.326 e. The average molecular weight is 443 g/mol. The lowest BCUT2D eigenvalue weighted by molar-refractivity contribution is -0.143. The highest BCUT2D eigenvalue weighted by Crippen LogP contribution is 2.21. The predicted octanol–water partition coefficient (Wildman–Crippen LogP) is 5.07. The molecule has 0 radical (unpaired) electrons. The number of amides is 1. The molecule has 0 atom stereocenters. The topological polar surface area (TPSA) is 60.7 Å². The van der Waals surface area contributed by atoms with Crippen molar-refractivity contribution in [1.82, 2.24) is 4.57 Å². The van der Waals surface area contributed by atoms with Crippen molar-refractivity contribution < 1.29 is 14.3 Å². The van der Waals surface area contributed by atoms with Gasteiger partial charge in [0.05, 0.1) is 16.8 Å². The molecular weight excluding hydrogens is 416 g/mol. The number of hydrogen-bond donors (Lipinski definition) is 0. The number of benzene rings is 2. The second-order valence-corrected chi connectivity index (χ2v) is 8.72. The van der Waals surface area contributed by atoms with Gasteiger partial charge in [-0.1, -0.05) is 36.8 Å². The molecule has 0 spiro atoms. The molecule has 2 aromatic carbocycles. The number of aromatic nitrogens is 1. The van der Waals surface area contributed by atoms with Crippen molar-refractivity contribution in [2.75, 3.05) is 12.9 Å². The molecule has 1 aromatic heterocycles. The zero-order valence-electron chi connectivity index (χ0n) is 17.5. The van der Waals surface area contributed by atoms with Crippen LogP contribution in [-0.2, 0) is 22.5 Å². The van der Waals surface area contributed by atoms with Crippen LogP contribution < -0.4 is 4.80 Å². The molecule has 7 heteroatoms. The Morgan fingerprint density at radius 1 is 1.17 bits per heavy atom. The van der Waals surface area contributed by atoms with Crippen molar-refractivity contribution in [2.45, 2.75) is 44.6 Å². The van der Waals surface area contributed by atoms with Gasteiger partial charge < -0.3 is 9.30 Å². The number of thioether (sulfide) groups is 1. The van der Waals surface area contributed by atoms with Crippen LogP contribution in [0.2, 0.25) is 0 Å². The monoisotopic (exact) mass is 442 g/mol. The van der Waals surface area contributed by atoms with Crippen LogP contribution in [0.5, 0.6) is 0 Å². The van der Waals surface area contributed by atoms with E-state index in [1.165, 1.54) is 16.9 Å². The second-order valence-electron chi connectivity index (χ2n) is 6.83. The summed E-state index contributed by atoms with van der Waals surface area (Å²) in [6, 6.07) is 13.6. The Labute approximate surface area is 184 Å². The fourth-order valence-electron chi connectivity index (χ4n) is 3.14. The maximum absolute atomic E-state index is 12.8. The molecule has 0 unspecified atom stereocenters. The number of thiazole rings is 1. The molecule has 1 amide bonds. The van der Waals surface area contributed by atoms with Crippen LogP contribution in [0.1, 0.15) is 42.6 Å². The minimum atomic E-state index is -0.342. The Hall–Kier alpha value is -2.38. The molecule has 3 aromatic rings. The normalized spacial score (nSPS) is 11.8. The Morgan fingerprint density at radius 3 is 2.73 bits per heavy atom. The number of nitrogens with zero attached hydrogens (tertiary/aromatic N) is 2. The van der Waals surface area contributed by atoms with Gasteiger partial charge in [0.2, 0.25) is 0 Å². The van der Waals surface area contributed by atoms with Gasteiger partial charge in [-0.25, -0.2) is 0 Å². The van der Waals surface area contributed by atoms with E-state index >= 15 is 0 Å². The first-order chi connectivity index (χ1) is 14.5. The Balaban J connectivity index is 2.06. The van der Waals surface area contributed by atoms with Crippen LogP contribution in [0.4, 0.5) is 0 Å². The minimum Gasteiger partial charge on any atom is -0.465 e. The third-order valence-electron chi connectivity index (χ3n) is 4.67. The van der Waals surface area contributed by atoms with Gasteiger partial charge >= 0.3 is 5.97 Å². The van der Waals surface area contributed by atoms with Crippen LogP contribution in [0.25, 0.3) is 10.2 Å². The van der Waals surface area contributed by atoms with Gasteiger partial charge in [0.1, 0.15) is 6.54 Å². The lowest BCUT2D eigenvalue weighted by Crippen LogP contribution is -2.23. The van der Waals surface area contributed by atoms with E-state index < -0.39 is 0 Å². The summed E-state index contributed by atoms with van der Waals surface area (Å²) in [5.74, 6) is -0.660. The molecule has 0 aliphatic carbocycles. The zero-order valence-corrected chi connectivity index (χ0v) is 19.1. The quantitative estimate of drug-likeness (QED) is 0.361. The van der Waals surface area contributed by atoms with Crippen LogP contribution in [-0.4, -0.2) is 29.3 Å². The van der Waals surface area contributed by atoms with E-state index in [9.17, 15) is 9.59 Å². The van der Waals surface area contributed by atoms with Gasteiger partial charge in [0.25, 0.3) is 5.91 Å². The lowest BCUT2D eigenvalue weighted by Gasteiger charge is -2.06. The van der Waals surface area contributed by atoms with E-state index in [4.69, 9.17) is 4.74 Å². The number of esters is 1. The van der Waals surface area contributed by atoms with Crippen molar-refractivity contribution in [1.29, 1.82) is 0 Å². The first-order valence-electron chi connectivity index (χ1n) is 10.1. The largest absolute Gasteiger partial charge is 0.465 e. The van der Waals surface area contributed by atoms with Gasteiger partial charge in [-0.2, -0.15) is 4.99 Å². The third-order valence-corrected chi connectivity index (χ3v) is 6.44. The fraction of sp³-hybridized carbons (Fsp3) is 0.348. The highest BCUT2D eigenvalue weighted by molar-refractivity contribution is 7.98. The van der Waals surface area contributed by atoms with Crippen molar-refractivity contribution in [3.63, 3.8) is 0 Å². The number of ether oxygens (including phenoxy) is 1. The van der Waals surface area contributed by atoms with Crippen LogP contribution in [0.3, 0.4) is 0 Å². The van der Waals surface area contributed by atoms with Crippen molar-refractivity contribution >= 4 is 45.2 Å². The molecule has 0 aliphatic heterocycles. The molecular formula is C23H26N2O3S2. The predicted molar refractivity (Wildman–Crippen MR) is 123 cm³/mol. The molecule has 0 aliphatic rings. The zero-order chi connectivity index (χ0) is 21.5. The highest BCUT2D eigenvalue weighted by Gasteiger charge is 2.13. The van der Waals surface area contributed by atoms with E-state index in [0.29, 0.717) is 17.0 Å². The second kappa shape index (κ2) is 10.6. The number of carbonyl (C=O) groups is 2. The Kier molecular flexibility index (Phi) is 7.87. The maximum atomic E-state index is 12.8. The number of fused-ring (bicyclic) bond motifs is 1.